The van der Waals surface area contributed by atoms with Crippen molar-refractivity contribution in [3.8, 4) is 0 Å². The normalized spacial score (nSPS) is 23.4. The average Bonchev–Trinajstić information content (AvgIpc) is 2.85. The number of benzene rings is 1. The zero-order valence-corrected chi connectivity index (χ0v) is 11.1. The Balaban J connectivity index is 1.93. The van der Waals surface area contributed by atoms with Gasteiger partial charge in [-0.2, -0.15) is 0 Å². The van der Waals surface area contributed by atoms with Crippen LogP contribution in [0.4, 0.5) is 0 Å². The summed E-state index contributed by atoms with van der Waals surface area (Å²) in [7, 11) is 1.73. The quantitative estimate of drug-likeness (QED) is 0.811. The van der Waals surface area contributed by atoms with E-state index >= 15 is 0 Å². The lowest BCUT2D eigenvalue weighted by atomic mass is 10.0. The van der Waals surface area contributed by atoms with Crippen molar-refractivity contribution in [3.63, 3.8) is 0 Å². The van der Waals surface area contributed by atoms with Crippen molar-refractivity contribution in [2.45, 2.75) is 38.5 Å². The molecule has 1 aliphatic carbocycles. The molecule has 0 aromatic heterocycles. The predicted molar refractivity (Wildman–Crippen MR) is 72.2 cm³/mol. The highest BCUT2D eigenvalue weighted by Gasteiger charge is 2.25. The van der Waals surface area contributed by atoms with E-state index in [0.717, 1.165) is 13.0 Å². The van der Waals surface area contributed by atoms with E-state index in [1.54, 1.807) is 7.11 Å². The highest BCUT2D eigenvalue weighted by atomic mass is 16.5. The van der Waals surface area contributed by atoms with Gasteiger partial charge in [-0.1, -0.05) is 30.7 Å². The Hall–Kier alpha value is -0.900. The molecule has 3 nitrogen and oxygen atoms in total. The van der Waals surface area contributed by atoms with Crippen molar-refractivity contribution in [1.29, 1.82) is 0 Å². The van der Waals surface area contributed by atoms with Crippen LogP contribution in [0.5, 0.6) is 0 Å². The van der Waals surface area contributed by atoms with Gasteiger partial charge in [-0.15, -0.1) is 0 Å². The molecule has 2 atom stereocenters. The van der Waals surface area contributed by atoms with Crippen LogP contribution in [0.2, 0.25) is 0 Å². The molecule has 100 valence electrons. The van der Waals surface area contributed by atoms with Gasteiger partial charge in [0, 0.05) is 26.3 Å². The molecular formula is C15H23NO2. The molecule has 1 fully saturated rings. The number of aliphatic hydroxyl groups excluding tert-OH is 1. The summed E-state index contributed by atoms with van der Waals surface area (Å²) < 4.78 is 5.21. The number of hydrogen-bond acceptors (Lipinski definition) is 3. The van der Waals surface area contributed by atoms with E-state index < -0.39 is 0 Å². The summed E-state index contributed by atoms with van der Waals surface area (Å²) in [5.74, 6) is 0.430. The van der Waals surface area contributed by atoms with Crippen LogP contribution in [-0.2, 0) is 17.9 Å². The summed E-state index contributed by atoms with van der Waals surface area (Å²) in [6, 6.07) is 8.83. The zero-order chi connectivity index (χ0) is 12.8. The number of nitrogens with one attached hydrogen (secondary N) is 1. The van der Waals surface area contributed by atoms with Crippen LogP contribution < -0.4 is 5.32 Å². The fourth-order valence-electron chi connectivity index (χ4n) is 2.79. The fraction of sp³-hybridized carbons (Fsp3) is 0.600. The molecule has 0 spiro atoms. The van der Waals surface area contributed by atoms with Crippen LogP contribution in [0.1, 0.15) is 30.4 Å². The highest BCUT2D eigenvalue weighted by molar-refractivity contribution is 5.26. The Bertz CT molecular complexity index is 367. The van der Waals surface area contributed by atoms with Gasteiger partial charge in [0.2, 0.25) is 0 Å². The Morgan fingerprint density at radius 1 is 1.28 bits per heavy atom. The first-order valence-electron chi connectivity index (χ1n) is 6.75. The maximum absolute atomic E-state index is 9.31. The fourth-order valence-corrected chi connectivity index (χ4v) is 2.79. The van der Waals surface area contributed by atoms with Gasteiger partial charge in [0.1, 0.15) is 0 Å². The minimum Gasteiger partial charge on any atom is -0.396 e. The van der Waals surface area contributed by atoms with Crippen LogP contribution in [0.3, 0.4) is 0 Å². The first-order valence-corrected chi connectivity index (χ1v) is 6.75. The standard InChI is InChI=1S/C15H23NO2/c1-18-11-14-6-3-2-5-12(14)9-16-15-8-4-7-13(15)10-17/h2-3,5-6,13,15-17H,4,7-11H2,1H3. The Kier molecular flexibility index (Phi) is 5.17. The van der Waals surface area contributed by atoms with Gasteiger partial charge >= 0.3 is 0 Å². The number of ether oxygens (including phenoxy) is 1. The number of rotatable bonds is 6. The third kappa shape index (κ3) is 3.31. The molecule has 0 radical (unpaired) electrons. The van der Waals surface area contributed by atoms with E-state index in [0.29, 0.717) is 25.2 Å². The van der Waals surface area contributed by atoms with Crippen molar-refractivity contribution < 1.29 is 9.84 Å². The summed E-state index contributed by atoms with van der Waals surface area (Å²) in [6.07, 6.45) is 3.55. The van der Waals surface area contributed by atoms with Crippen LogP contribution in [0, 0.1) is 5.92 Å². The van der Waals surface area contributed by atoms with Crippen LogP contribution in [0.15, 0.2) is 24.3 Å². The van der Waals surface area contributed by atoms with E-state index in [9.17, 15) is 5.11 Å². The molecule has 1 saturated carbocycles. The SMILES string of the molecule is COCc1ccccc1CNC1CCCC1CO. The van der Waals surface area contributed by atoms with Gasteiger partial charge in [0.25, 0.3) is 0 Å². The second kappa shape index (κ2) is 6.88. The van der Waals surface area contributed by atoms with Crippen molar-refractivity contribution in [2.24, 2.45) is 5.92 Å². The average molecular weight is 249 g/mol. The molecule has 18 heavy (non-hydrogen) atoms. The van der Waals surface area contributed by atoms with Crippen molar-refractivity contribution in [2.75, 3.05) is 13.7 Å². The molecule has 0 aliphatic heterocycles. The molecule has 0 bridgehead atoms. The lowest BCUT2D eigenvalue weighted by molar-refractivity contribution is 0.183. The predicted octanol–water partition coefficient (Wildman–Crippen LogP) is 2.08. The molecule has 2 N–H and O–H groups in total. The maximum Gasteiger partial charge on any atom is 0.0716 e. The van der Waals surface area contributed by atoms with E-state index in [4.69, 9.17) is 4.74 Å². The third-order valence-corrected chi connectivity index (χ3v) is 3.87. The van der Waals surface area contributed by atoms with Crippen molar-refractivity contribution in [1.82, 2.24) is 5.32 Å². The minimum atomic E-state index is 0.303. The highest BCUT2D eigenvalue weighted by Crippen LogP contribution is 2.25. The number of methoxy groups -OCH3 is 1. The molecule has 1 aliphatic rings. The van der Waals surface area contributed by atoms with E-state index in [2.05, 4.69) is 23.5 Å². The first-order chi connectivity index (χ1) is 8.85. The molecule has 1 aromatic rings. The molecule has 1 aromatic carbocycles. The molecular weight excluding hydrogens is 226 g/mol. The summed E-state index contributed by atoms with van der Waals surface area (Å²) in [5.41, 5.74) is 2.54. The molecule has 0 saturated heterocycles. The van der Waals surface area contributed by atoms with Gasteiger partial charge in [0.15, 0.2) is 0 Å². The second-order valence-corrected chi connectivity index (χ2v) is 5.06. The third-order valence-electron chi connectivity index (χ3n) is 3.87. The van der Waals surface area contributed by atoms with Crippen LogP contribution >= 0.6 is 0 Å². The van der Waals surface area contributed by atoms with E-state index in [1.165, 1.54) is 24.0 Å². The second-order valence-electron chi connectivity index (χ2n) is 5.06. The molecule has 3 heteroatoms. The van der Waals surface area contributed by atoms with Gasteiger partial charge < -0.3 is 15.2 Å². The minimum absolute atomic E-state index is 0.303. The smallest absolute Gasteiger partial charge is 0.0716 e. The summed E-state index contributed by atoms with van der Waals surface area (Å²) in [5, 5.41) is 12.9. The van der Waals surface area contributed by atoms with Crippen molar-refractivity contribution in [3.05, 3.63) is 35.4 Å². The van der Waals surface area contributed by atoms with Crippen molar-refractivity contribution >= 4 is 0 Å². The molecule has 0 amide bonds. The largest absolute Gasteiger partial charge is 0.396 e. The zero-order valence-electron chi connectivity index (χ0n) is 11.1. The van der Waals surface area contributed by atoms with E-state index in [1.807, 2.05) is 6.07 Å². The van der Waals surface area contributed by atoms with Gasteiger partial charge in [-0.3, -0.25) is 0 Å². The lowest BCUT2D eigenvalue weighted by Gasteiger charge is -2.20. The van der Waals surface area contributed by atoms with Gasteiger partial charge in [-0.05, 0) is 29.9 Å². The molecule has 2 unspecified atom stereocenters. The summed E-state index contributed by atoms with van der Waals surface area (Å²) >= 11 is 0. The van der Waals surface area contributed by atoms with Crippen LogP contribution in [-0.4, -0.2) is 24.9 Å². The summed E-state index contributed by atoms with van der Waals surface area (Å²) in [4.78, 5) is 0. The Labute approximate surface area is 109 Å². The van der Waals surface area contributed by atoms with E-state index in [-0.39, 0.29) is 0 Å². The van der Waals surface area contributed by atoms with Gasteiger partial charge in [-0.25, -0.2) is 0 Å². The number of aliphatic hydroxyl groups is 1. The molecule has 2 rings (SSSR count). The maximum atomic E-state index is 9.31. The van der Waals surface area contributed by atoms with Gasteiger partial charge in [0.05, 0.1) is 6.61 Å². The Morgan fingerprint density at radius 3 is 2.78 bits per heavy atom. The Morgan fingerprint density at radius 2 is 2.06 bits per heavy atom. The summed E-state index contributed by atoms with van der Waals surface area (Å²) in [6.45, 7) is 1.82. The van der Waals surface area contributed by atoms with Crippen LogP contribution in [0.25, 0.3) is 0 Å². The first kappa shape index (κ1) is 13.5. The number of hydrogen-bond donors (Lipinski definition) is 2. The lowest BCUT2D eigenvalue weighted by Crippen LogP contribution is -2.33. The molecule has 0 heterocycles. The topological polar surface area (TPSA) is 41.5 Å². The monoisotopic (exact) mass is 249 g/mol.